The largest absolute Gasteiger partial charge is 0.322 e. The van der Waals surface area contributed by atoms with E-state index in [1.165, 1.54) is 36.0 Å². The first-order valence-electron chi connectivity index (χ1n) is 9.89. The first kappa shape index (κ1) is 21.3. The summed E-state index contributed by atoms with van der Waals surface area (Å²) in [5.74, 6) is -0.325. The number of non-ortho nitro benzene ring substituents is 1. The van der Waals surface area contributed by atoms with Gasteiger partial charge in [0.05, 0.1) is 15.7 Å². The van der Waals surface area contributed by atoms with Crippen molar-refractivity contribution in [1.82, 2.24) is 4.98 Å². The first-order chi connectivity index (χ1) is 15.6. The Morgan fingerprint density at radius 3 is 2.00 bits per heavy atom. The van der Waals surface area contributed by atoms with Gasteiger partial charge in [-0.05, 0) is 35.4 Å². The molecule has 0 aliphatic rings. The van der Waals surface area contributed by atoms with Crippen LogP contribution in [-0.4, -0.2) is 15.8 Å². The fourth-order valence-electron chi connectivity index (χ4n) is 3.22. The van der Waals surface area contributed by atoms with E-state index >= 15 is 0 Å². The molecule has 3 aromatic carbocycles. The predicted octanol–water partition coefficient (Wildman–Crippen LogP) is 6.12. The second kappa shape index (κ2) is 9.89. The van der Waals surface area contributed by atoms with Gasteiger partial charge in [0.2, 0.25) is 0 Å². The highest BCUT2D eigenvalue weighted by atomic mass is 32.2. The molecule has 4 aromatic rings. The lowest BCUT2D eigenvalue weighted by Gasteiger charge is -2.18. The maximum absolute atomic E-state index is 13.0. The van der Waals surface area contributed by atoms with Gasteiger partial charge in [-0.2, -0.15) is 0 Å². The van der Waals surface area contributed by atoms with E-state index in [1.807, 2.05) is 36.4 Å². The summed E-state index contributed by atoms with van der Waals surface area (Å²) in [6.45, 7) is 0. The molecule has 0 saturated carbocycles. The first-order valence-corrected chi connectivity index (χ1v) is 10.8. The van der Waals surface area contributed by atoms with Gasteiger partial charge in [0.15, 0.2) is 0 Å². The molecular formula is C25H19N3O3S. The Labute approximate surface area is 189 Å². The molecule has 0 bridgehead atoms. The molecule has 1 N–H and O–H groups in total. The van der Waals surface area contributed by atoms with Crippen LogP contribution in [0, 0.1) is 10.1 Å². The second-order valence-corrected chi connectivity index (χ2v) is 8.03. The van der Waals surface area contributed by atoms with Crippen LogP contribution in [0.2, 0.25) is 0 Å². The van der Waals surface area contributed by atoms with Crippen molar-refractivity contribution >= 4 is 29.0 Å². The number of carbonyl (C=O) groups is 1. The minimum absolute atomic E-state index is 0.0332. The van der Waals surface area contributed by atoms with Gasteiger partial charge >= 0.3 is 0 Å². The van der Waals surface area contributed by atoms with Gasteiger partial charge in [-0.1, -0.05) is 72.4 Å². The number of aromatic nitrogens is 1. The molecule has 0 aliphatic heterocycles. The summed E-state index contributed by atoms with van der Waals surface area (Å²) in [6, 6.07) is 29.3. The third-order valence-corrected chi connectivity index (χ3v) is 6.11. The van der Waals surface area contributed by atoms with E-state index in [0.29, 0.717) is 16.3 Å². The molecule has 1 heterocycles. The average Bonchev–Trinajstić information content (AvgIpc) is 2.84. The predicted molar refractivity (Wildman–Crippen MR) is 126 cm³/mol. The van der Waals surface area contributed by atoms with Crippen molar-refractivity contribution < 1.29 is 9.72 Å². The molecule has 0 fully saturated rings. The highest BCUT2D eigenvalue weighted by Gasteiger charge is 2.21. The number of anilines is 1. The number of hydrogen-bond donors (Lipinski definition) is 1. The van der Waals surface area contributed by atoms with Crippen molar-refractivity contribution in [2.45, 2.75) is 10.3 Å². The van der Waals surface area contributed by atoms with Gasteiger partial charge in [-0.15, -0.1) is 0 Å². The molecular weight excluding hydrogens is 422 g/mol. The quantitative estimate of drug-likeness (QED) is 0.212. The van der Waals surface area contributed by atoms with Crippen LogP contribution in [0.3, 0.4) is 0 Å². The fourth-order valence-corrected chi connectivity index (χ4v) is 4.44. The number of thioether (sulfide) groups is 1. The Morgan fingerprint density at radius 2 is 1.44 bits per heavy atom. The lowest BCUT2D eigenvalue weighted by atomic mass is 10.0. The molecule has 1 amide bonds. The lowest BCUT2D eigenvalue weighted by molar-refractivity contribution is -0.384. The molecule has 7 heteroatoms. The standard InChI is InChI=1S/C25H19N3O3S/c29-24(27-20-13-15-21(16-14-20)28(30)31)22-12-7-17-26-25(22)32-23(18-8-3-1-4-9-18)19-10-5-2-6-11-19/h1-17,23H,(H,27,29). The van der Waals surface area contributed by atoms with Gasteiger partial charge in [-0.3, -0.25) is 14.9 Å². The van der Waals surface area contributed by atoms with Crippen LogP contribution < -0.4 is 5.32 Å². The minimum atomic E-state index is -0.477. The summed E-state index contributed by atoms with van der Waals surface area (Å²) in [7, 11) is 0. The van der Waals surface area contributed by atoms with Gasteiger partial charge < -0.3 is 5.32 Å². The summed E-state index contributed by atoms with van der Waals surface area (Å²) in [6.07, 6.45) is 1.66. The van der Waals surface area contributed by atoms with Crippen LogP contribution in [0.15, 0.2) is 108 Å². The lowest BCUT2D eigenvalue weighted by Crippen LogP contribution is -2.14. The van der Waals surface area contributed by atoms with E-state index in [9.17, 15) is 14.9 Å². The second-order valence-electron chi connectivity index (χ2n) is 6.93. The van der Waals surface area contributed by atoms with Crippen LogP contribution in [-0.2, 0) is 0 Å². The third-order valence-electron chi connectivity index (χ3n) is 4.79. The number of carbonyl (C=O) groups excluding carboxylic acids is 1. The summed E-state index contributed by atoms with van der Waals surface area (Å²) in [4.78, 5) is 27.9. The van der Waals surface area contributed by atoms with Gasteiger partial charge in [0, 0.05) is 24.0 Å². The zero-order chi connectivity index (χ0) is 22.3. The molecule has 1 aromatic heterocycles. The van der Waals surface area contributed by atoms with Crippen molar-refractivity contribution in [3.8, 4) is 0 Å². The third kappa shape index (κ3) is 5.01. The Bertz CT molecular complexity index is 1180. The fraction of sp³-hybridized carbons (Fsp3) is 0.0400. The highest BCUT2D eigenvalue weighted by Crippen LogP contribution is 2.40. The summed E-state index contributed by atoms with van der Waals surface area (Å²) in [5, 5.41) is 14.2. The molecule has 0 radical (unpaired) electrons. The van der Waals surface area contributed by atoms with E-state index < -0.39 is 4.92 Å². The van der Waals surface area contributed by atoms with E-state index in [2.05, 4.69) is 34.6 Å². The number of pyridine rings is 1. The SMILES string of the molecule is O=C(Nc1ccc([N+](=O)[O-])cc1)c1cccnc1SC(c1ccccc1)c1ccccc1. The van der Waals surface area contributed by atoms with Gasteiger partial charge in [0.1, 0.15) is 5.03 Å². The van der Waals surface area contributed by atoms with E-state index in [1.54, 1.807) is 18.3 Å². The molecule has 0 atom stereocenters. The van der Waals surface area contributed by atoms with Crippen LogP contribution >= 0.6 is 11.8 Å². The maximum atomic E-state index is 13.0. The van der Waals surface area contributed by atoms with E-state index in [-0.39, 0.29) is 16.8 Å². The number of nitrogens with one attached hydrogen (secondary N) is 1. The molecule has 0 spiro atoms. The number of nitro benzene ring substituents is 1. The summed E-state index contributed by atoms with van der Waals surface area (Å²) >= 11 is 1.51. The molecule has 32 heavy (non-hydrogen) atoms. The van der Waals surface area contributed by atoms with Gasteiger partial charge in [-0.25, -0.2) is 4.98 Å². The molecule has 0 saturated heterocycles. The monoisotopic (exact) mass is 441 g/mol. The number of nitrogens with zero attached hydrogens (tertiary/aromatic N) is 2. The Balaban J connectivity index is 1.62. The van der Waals surface area contributed by atoms with Crippen molar-refractivity contribution in [3.63, 3.8) is 0 Å². The minimum Gasteiger partial charge on any atom is -0.322 e. The Hall–Kier alpha value is -3.97. The number of benzene rings is 3. The highest BCUT2D eigenvalue weighted by molar-refractivity contribution is 7.99. The normalized spacial score (nSPS) is 10.7. The van der Waals surface area contributed by atoms with Crippen molar-refractivity contribution in [2.24, 2.45) is 0 Å². The number of amides is 1. The van der Waals surface area contributed by atoms with E-state index in [4.69, 9.17) is 0 Å². The molecule has 4 rings (SSSR count). The van der Waals surface area contributed by atoms with Crippen LogP contribution in [0.1, 0.15) is 26.7 Å². The van der Waals surface area contributed by atoms with E-state index in [0.717, 1.165) is 11.1 Å². The Morgan fingerprint density at radius 1 is 0.844 bits per heavy atom. The maximum Gasteiger partial charge on any atom is 0.269 e. The molecule has 6 nitrogen and oxygen atoms in total. The number of rotatable bonds is 7. The smallest absolute Gasteiger partial charge is 0.269 e. The summed E-state index contributed by atoms with van der Waals surface area (Å²) < 4.78 is 0. The van der Waals surface area contributed by atoms with Crippen molar-refractivity contribution in [3.05, 3.63) is 130 Å². The topological polar surface area (TPSA) is 85.1 Å². The number of nitro groups is 1. The van der Waals surface area contributed by atoms with Crippen molar-refractivity contribution in [2.75, 3.05) is 5.32 Å². The van der Waals surface area contributed by atoms with Crippen LogP contribution in [0.5, 0.6) is 0 Å². The summed E-state index contributed by atoms with van der Waals surface area (Å²) in [5.41, 5.74) is 3.09. The zero-order valence-corrected chi connectivity index (χ0v) is 17.7. The molecule has 0 unspecified atom stereocenters. The zero-order valence-electron chi connectivity index (χ0n) is 16.9. The van der Waals surface area contributed by atoms with Crippen molar-refractivity contribution in [1.29, 1.82) is 0 Å². The van der Waals surface area contributed by atoms with Crippen LogP contribution in [0.4, 0.5) is 11.4 Å². The molecule has 0 aliphatic carbocycles. The number of hydrogen-bond acceptors (Lipinski definition) is 5. The Kier molecular flexibility index (Phi) is 6.57. The van der Waals surface area contributed by atoms with Gasteiger partial charge in [0.25, 0.3) is 11.6 Å². The molecule has 158 valence electrons. The average molecular weight is 442 g/mol. The van der Waals surface area contributed by atoms with Crippen LogP contribution in [0.25, 0.3) is 0 Å².